The van der Waals surface area contributed by atoms with Gasteiger partial charge in [0.05, 0.1) is 16.9 Å². The molecule has 0 saturated carbocycles. The largest absolute Gasteiger partial charge is 0.270 e. The van der Waals surface area contributed by atoms with Crippen LogP contribution in [-0.2, 0) is 6.54 Å². The number of hydrogen-bond donors (Lipinski definition) is 3. The number of hydrogen-bond acceptors (Lipinski definition) is 5. The molecule has 0 radical (unpaired) electrons. The van der Waals surface area contributed by atoms with Gasteiger partial charge in [0.15, 0.2) is 0 Å². The summed E-state index contributed by atoms with van der Waals surface area (Å²) in [6.07, 6.45) is 3.00. The lowest BCUT2D eigenvalue weighted by atomic mass is 10.2. The average molecular weight is 242 g/mol. The van der Waals surface area contributed by atoms with Crippen LogP contribution in [0.15, 0.2) is 12.5 Å². The molecule has 7 nitrogen and oxygen atoms in total. The van der Waals surface area contributed by atoms with Crippen LogP contribution in [0.2, 0.25) is 5.02 Å². The number of aromatic nitrogens is 5. The van der Waals surface area contributed by atoms with E-state index in [2.05, 4.69) is 25.7 Å². The number of nitrogens with one attached hydrogen (secondary N) is 2. The number of nitrogens with zero attached hydrogens (tertiary/aromatic N) is 4. The zero-order chi connectivity index (χ0) is 11.5. The van der Waals surface area contributed by atoms with Gasteiger partial charge in [-0.05, 0) is 6.92 Å². The third-order valence-electron chi connectivity index (χ3n) is 2.28. The fourth-order valence-electron chi connectivity index (χ4n) is 1.55. The first-order valence-electron chi connectivity index (χ1n) is 4.80. The normalized spacial score (nSPS) is 12.9. The maximum Gasteiger partial charge on any atom is 0.148 e. The number of H-pyrrole nitrogens is 1. The van der Waals surface area contributed by atoms with Gasteiger partial charge in [-0.25, -0.2) is 10.4 Å². The SMILES string of the molecule is CCn1ncc(Cl)c1C(NN)c1ncn[nH]1. The first-order chi connectivity index (χ1) is 7.77. The summed E-state index contributed by atoms with van der Waals surface area (Å²) in [5.41, 5.74) is 3.41. The molecule has 0 spiro atoms. The van der Waals surface area contributed by atoms with Crippen molar-refractivity contribution in [2.45, 2.75) is 19.5 Å². The maximum atomic E-state index is 6.07. The van der Waals surface area contributed by atoms with Crippen LogP contribution in [0.1, 0.15) is 24.5 Å². The second kappa shape index (κ2) is 4.60. The van der Waals surface area contributed by atoms with Crippen LogP contribution < -0.4 is 11.3 Å². The molecule has 0 aliphatic heterocycles. The van der Waals surface area contributed by atoms with Gasteiger partial charge in [-0.3, -0.25) is 15.6 Å². The average Bonchev–Trinajstić information content (AvgIpc) is 2.91. The van der Waals surface area contributed by atoms with Gasteiger partial charge in [-0.15, -0.1) is 0 Å². The van der Waals surface area contributed by atoms with Crippen LogP contribution >= 0.6 is 11.6 Å². The Bertz CT molecular complexity index is 449. The van der Waals surface area contributed by atoms with E-state index in [-0.39, 0.29) is 6.04 Å². The van der Waals surface area contributed by atoms with E-state index >= 15 is 0 Å². The van der Waals surface area contributed by atoms with E-state index in [1.54, 1.807) is 10.9 Å². The molecule has 2 aromatic heterocycles. The van der Waals surface area contributed by atoms with Crippen molar-refractivity contribution in [1.82, 2.24) is 30.4 Å². The second-order valence-corrected chi connectivity index (χ2v) is 3.57. The van der Waals surface area contributed by atoms with Gasteiger partial charge >= 0.3 is 0 Å². The molecule has 0 aromatic carbocycles. The first-order valence-corrected chi connectivity index (χ1v) is 5.18. The van der Waals surface area contributed by atoms with E-state index in [1.165, 1.54) is 6.33 Å². The number of rotatable bonds is 4. The summed E-state index contributed by atoms with van der Waals surface area (Å²) in [7, 11) is 0. The topological polar surface area (TPSA) is 97.4 Å². The number of aryl methyl sites for hydroxylation is 1. The fourth-order valence-corrected chi connectivity index (χ4v) is 1.80. The van der Waals surface area contributed by atoms with Crippen LogP contribution in [0.25, 0.3) is 0 Å². The predicted octanol–water partition coefficient (Wildman–Crippen LogP) is 0.227. The fraction of sp³-hybridized carbons (Fsp3) is 0.375. The summed E-state index contributed by atoms with van der Waals surface area (Å²) < 4.78 is 1.76. The quantitative estimate of drug-likeness (QED) is 0.526. The lowest BCUT2D eigenvalue weighted by Gasteiger charge is -2.15. The number of hydrazine groups is 1. The van der Waals surface area contributed by atoms with E-state index in [0.717, 1.165) is 5.69 Å². The Balaban J connectivity index is 2.44. The minimum Gasteiger partial charge on any atom is -0.270 e. The van der Waals surface area contributed by atoms with Crippen molar-refractivity contribution in [2.24, 2.45) is 5.84 Å². The van der Waals surface area contributed by atoms with Crippen LogP contribution in [0.3, 0.4) is 0 Å². The minimum absolute atomic E-state index is 0.350. The van der Waals surface area contributed by atoms with E-state index in [0.29, 0.717) is 17.4 Å². The molecule has 8 heteroatoms. The molecular weight excluding hydrogens is 230 g/mol. The molecule has 16 heavy (non-hydrogen) atoms. The Labute approximate surface area is 97.0 Å². The van der Waals surface area contributed by atoms with E-state index in [1.807, 2.05) is 6.92 Å². The number of halogens is 1. The summed E-state index contributed by atoms with van der Waals surface area (Å²) in [6.45, 7) is 2.68. The molecule has 0 aliphatic carbocycles. The van der Waals surface area contributed by atoms with E-state index in [9.17, 15) is 0 Å². The summed E-state index contributed by atoms with van der Waals surface area (Å²) in [5.74, 6) is 6.11. The lowest BCUT2D eigenvalue weighted by molar-refractivity contribution is 0.527. The van der Waals surface area contributed by atoms with Crippen molar-refractivity contribution in [1.29, 1.82) is 0 Å². The van der Waals surface area contributed by atoms with Gasteiger partial charge in [-0.1, -0.05) is 11.6 Å². The third-order valence-corrected chi connectivity index (χ3v) is 2.57. The van der Waals surface area contributed by atoms with Crippen molar-refractivity contribution in [3.63, 3.8) is 0 Å². The highest BCUT2D eigenvalue weighted by Crippen LogP contribution is 2.25. The summed E-state index contributed by atoms with van der Waals surface area (Å²) in [4.78, 5) is 4.05. The molecule has 0 saturated heterocycles. The first kappa shape index (κ1) is 11.1. The Kier molecular flexibility index (Phi) is 3.18. The van der Waals surface area contributed by atoms with Crippen LogP contribution in [0.5, 0.6) is 0 Å². The highest BCUT2D eigenvalue weighted by atomic mass is 35.5. The van der Waals surface area contributed by atoms with Crippen molar-refractivity contribution in [3.05, 3.63) is 29.1 Å². The van der Waals surface area contributed by atoms with Crippen molar-refractivity contribution >= 4 is 11.6 Å². The Morgan fingerprint density at radius 2 is 2.50 bits per heavy atom. The highest BCUT2D eigenvalue weighted by Gasteiger charge is 2.22. The molecule has 0 bridgehead atoms. The van der Waals surface area contributed by atoms with Gasteiger partial charge < -0.3 is 0 Å². The minimum atomic E-state index is -0.350. The molecule has 1 atom stereocenters. The monoisotopic (exact) mass is 241 g/mol. The Morgan fingerprint density at radius 1 is 1.69 bits per heavy atom. The Hall–Kier alpha value is -1.44. The molecule has 2 aromatic rings. The molecule has 4 N–H and O–H groups in total. The maximum absolute atomic E-state index is 6.07. The molecule has 2 heterocycles. The van der Waals surface area contributed by atoms with Gasteiger partial charge in [0, 0.05) is 6.54 Å². The van der Waals surface area contributed by atoms with Gasteiger partial charge in [-0.2, -0.15) is 10.2 Å². The van der Waals surface area contributed by atoms with Gasteiger partial charge in [0.2, 0.25) is 0 Å². The zero-order valence-corrected chi connectivity index (χ0v) is 9.44. The molecule has 2 rings (SSSR count). The van der Waals surface area contributed by atoms with Crippen molar-refractivity contribution < 1.29 is 0 Å². The van der Waals surface area contributed by atoms with Crippen LogP contribution in [0, 0.1) is 0 Å². The molecule has 0 amide bonds. The third kappa shape index (κ3) is 1.80. The predicted molar refractivity (Wildman–Crippen MR) is 58.5 cm³/mol. The second-order valence-electron chi connectivity index (χ2n) is 3.16. The molecule has 0 fully saturated rings. The molecular formula is C8H12ClN7. The molecule has 1 unspecified atom stereocenters. The van der Waals surface area contributed by atoms with Crippen molar-refractivity contribution in [3.8, 4) is 0 Å². The van der Waals surface area contributed by atoms with Crippen molar-refractivity contribution in [2.75, 3.05) is 0 Å². The van der Waals surface area contributed by atoms with Gasteiger partial charge in [0.1, 0.15) is 18.2 Å². The van der Waals surface area contributed by atoms with E-state index < -0.39 is 0 Å². The summed E-state index contributed by atoms with van der Waals surface area (Å²) in [5, 5.41) is 11.2. The molecule has 86 valence electrons. The smallest absolute Gasteiger partial charge is 0.148 e. The van der Waals surface area contributed by atoms with Gasteiger partial charge in [0.25, 0.3) is 0 Å². The Morgan fingerprint density at radius 3 is 3.06 bits per heavy atom. The summed E-state index contributed by atoms with van der Waals surface area (Å²) >= 11 is 6.07. The zero-order valence-electron chi connectivity index (χ0n) is 8.68. The standard InChI is InChI=1S/C8H12ClN7/c1-2-16-7(5(9)3-13-16)6(14-10)8-11-4-12-15-8/h3-4,6,14H,2,10H2,1H3,(H,11,12,15). The number of nitrogens with two attached hydrogens (primary N) is 1. The highest BCUT2D eigenvalue weighted by molar-refractivity contribution is 6.31. The van der Waals surface area contributed by atoms with Crippen LogP contribution in [0.4, 0.5) is 0 Å². The lowest BCUT2D eigenvalue weighted by Crippen LogP contribution is -2.31. The number of aromatic amines is 1. The summed E-state index contributed by atoms with van der Waals surface area (Å²) in [6, 6.07) is -0.350. The van der Waals surface area contributed by atoms with E-state index in [4.69, 9.17) is 17.4 Å². The molecule has 0 aliphatic rings. The van der Waals surface area contributed by atoms with Crippen LogP contribution in [-0.4, -0.2) is 25.0 Å².